The number of benzene rings is 1. The molecule has 4 rings (SSSR count). The number of aromatic nitrogens is 1. The number of aryl methyl sites for hydroxylation is 2. The largest absolute Gasteiger partial charge is 0.342 e. The molecule has 106 valence electrons. The first-order valence-electron chi connectivity index (χ1n) is 8.15. The fourth-order valence-corrected chi connectivity index (χ4v) is 4.35. The highest BCUT2D eigenvalue weighted by molar-refractivity contribution is 5.87. The quantitative estimate of drug-likeness (QED) is 0.797. The third kappa shape index (κ3) is 1.67. The lowest BCUT2D eigenvalue weighted by Crippen LogP contribution is -2.40. The van der Waals surface area contributed by atoms with E-state index in [0.29, 0.717) is 6.04 Å². The average Bonchev–Trinajstić information content (AvgIpc) is 2.78. The van der Waals surface area contributed by atoms with Gasteiger partial charge in [0, 0.05) is 29.7 Å². The van der Waals surface area contributed by atoms with Crippen molar-refractivity contribution in [2.75, 3.05) is 13.1 Å². The predicted molar refractivity (Wildman–Crippen MR) is 84.2 cm³/mol. The van der Waals surface area contributed by atoms with Crippen molar-refractivity contribution in [3.05, 3.63) is 35.0 Å². The molecular weight excluding hydrogens is 244 g/mol. The van der Waals surface area contributed by atoms with Crippen molar-refractivity contribution in [3.63, 3.8) is 0 Å². The second-order valence-corrected chi connectivity index (χ2v) is 6.48. The van der Waals surface area contributed by atoms with Crippen molar-refractivity contribution in [2.24, 2.45) is 0 Å². The van der Waals surface area contributed by atoms with Gasteiger partial charge in [-0.15, -0.1) is 0 Å². The molecule has 20 heavy (non-hydrogen) atoms. The summed E-state index contributed by atoms with van der Waals surface area (Å²) in [6.45, 7) is 8.17. The van der Waals surface area contributed by atoms with E-state index in [2.05, 4.69) is 41.5 Å². The van der Waals surface area contributed by atoms with Crippen molar-refractivity contribution in [1.82, 2.24) is 9.47 Å². The molecule has 1 aliphatic carbocycles. The first kappa shape index (κ1) is 12.5. The zero-order valence-corrected chi connectivity index (χ0v) is 12.7. The molecule has 1 aromatic carbocycles. The summed E-state index contributed by atoms with van der Waals surface area (Å²) < 4.78 is 2.63. The van der Waals surface area contributed by atoms with Crippen LogP contribution in [0.1, 0.15) is 49.0 Å². The zero-order valence-electron chi connectivity index (χ0n) is 12.7. The van der Waals surface area contributed by atoms with Gasteiger partial charge in [-0.2, -0.15) is 0 Å². The van der Waals surface area contributed by atoms with E-state index < -0.39 is 0 Å². The molecule has 2 nitrogen and oxygen atoms in total. The minimum absolute atomic E-state index is 0.681. The minimum Gasteiger partial charge on any atom is -0.342 e. The lowest BCUT2D eigenvalue weighted by atomic mass is 9.89. The van der Waals surface area contributed by atoms with E-state index in [1.54, 1.807) is 11.3 Å². The molecule has 0 N–H and O–H groups in total. The van der Waals surface area contributed by atoms with E-state index in [1.807, 2.05) is 0 Å². The van der Waals surface area contributed by atoms with Crippen LogP contribution in [0.5, 0.6) is 0 Å². The zero-order chi connectivity index (χ0) is 13.7. The lowest BCUT2D eigenvalue weighted by Gasteiger charge is -2.39. The van der Waals surface area contributed by atoms with Gasteiger partial charge in [-0.1, -0.05) is 18.6 Å². The molecule has 2 heteroatoms. The Hall–Kier alpha value is -1.28. The normalized spacial score (nSPS) is 22.2. The van der Waals surface area contributed by atoms with Crippen LogP contribution in [0.2, 0.25) is 0 Å². The van der Waals surface area contributed by atoms with Gasteiger partial charge in [0.15, 0.2) is 0 Å². The minimum atomic E-state index is 0.681. The van der Waals surface area contributed by atoms with Crippen LogP contribution in [0.25, 0.3) is 10.9 Å². The summed E-state index contributed by atoms with van der Waals surface area (Å²) in [5.74, 6) is 0. The van der Waals surface area contributed by atoms with Gasteiger partial charge in [0.2, 0.25) is 0 Å². The molecule has 0 unspecified atom stereocenters. The van der Waals surface area contributed by atoms with Gasteiger partial charge in [0.25, 0.3) is 0 Å². The van der Waals surface area contributed by atoms with Crippen molar-refractivity contribution in [3.8, 4) is 0 Å². The van der Waals surface area contributed by atoms with Gasteiger partial charge in [0.1, 0.15) is 0 Å². The summed E-state index contributed by atoms with van der Waals surface area (Å²) in [5.41, 5.74) is 6.17. The molecule has 2 heterocycles. The first-order valence-corrected chi connectivity index (χ1v) is 8.15. The maximum atomic E-state index is 2.73. The number of nitrogens with zero attached hydrogens (tertiary/aromatic N) is 2. The molecule has 0 spiro atoms. The van der Waals surface area contributed by atoms with Crippen LogP contribution in [0.15, 0.2) is 18.2 Å². The van der Waals surface area contributed by atoms with Crippen LogP contribution in [0.4, 0.5) is 0 Å². The Bertz CT molecular complexity index is 653. The second-order valence-electron chi connectivity index (χ2n) is 6.48. The molecule has 1 atom stereocenters. The highest BCUT2D eigenvalue weighted by Gasteiger charge is 2.34. The average molecular weight is 268 g/mol. The van der Waals surface area contributed by atoms with E-state index in [9.17, 15) is 0 Å². The number of fused-ring (bicyclic) bond motifs is 3. The molecule has 2 aliphatic rings. The Morgan fingerprint density at radius 1 is 1.25 bits per heavy atom. The van der Waals surface area contributed by atoms with Crippen LogP contribution in [0, 0.1) is 6.92 Å². The summed E-state index contributed by atoms with van der Waals surface area (Å²) in [6.07, 6.45) is 5.25. The molecular formula is C18H24N2. The summed E-state index contributed by atoms with van der Waals surface area (Å²) in [6, 6.07) is 7.70. The molecule has 0 radical (unpaired) electrons. The molecule has 0 saturated carbocycles. The van der Waals surface area contributed by atoms with Gasteiger partial charge >= 0.3 is 0 Å². The third-order valence-electron chi connectivity index (χ3n) is 5.15. The summed E-state index contributed by atoms with van der Waals surface area (Å²) >= 11 is 0. The number of rotatable bonds is 2. The molecule has 0 fully saturated rings. The first-order chi connectivity index (χ1) is 9.79. The van der Waals surface area contributed by atoms with Crippen molar-refractivity contribution in [2.45, 2.75) is 52.1 Å². The molecule has 0 saturated heterocycles. The van der Waals surface area contributed by atoms with Crippen molar-refractivity contribution >= 4 is 10.9 Å². The van der Waals surface area contributed by atoms with Gasteiger partial charge in [-0.25, -0.2) is 0 Å². The van der Waals surface area contributed by atoms with E-state index in [0.717, 1.165) is 0 Å². The van der Waals surface area contributed by atoms with Gasteiger partial charge in [-0.05, 0) is 56.8 Å². The molecule has 1 aliphatic heterocycles. The van der Waals surface area contributed by atoms with E-state index >= 15 is 0 Å². The number of hydrogen-bond donors (Lipinski definition) is 0. The summed E-state index contributed by atoms with van der Waals surface area (Å²) in [7, 11) is 0. The summed E-state index contributed by atoms with van der Waals surface area (Å²) in [4.78, 5) is 2.73. The Morgan fingerprint density at radius 3 is 3.00 bits per heavy atom. The van der Waals surface area contributed by atoms with E-state index in [4.69, 9.17) is 0 Å². The highest BCUT2D eigenvalue weighted by Crippen LogP contribution is 2.42. The fourth-order valence-electron chi connectivity index (χ4n) is 4.35. The monoisotopic (exact) mass is 268 g/mol. The second kappa shape index (κ2) is 4.63. The maximum absolute atomic E-state index is 2.73. The molecule has 2 aromatic rings. The van der Waals surface area contributed by atoms with Gasteiger partial charge in [-0.3, -0.25) is 4.90 Å². The van der Waals surface area contributed by atoms with Crippen LogP contribution in [0.3, 0.4) is 0 Å². The Morgan fingerprint density at radius 2 is 2.15 bits per heavy atom. The van der Waals surface area contributed by atoms with Crippen molar-refractivity contribution < 1.29 is 0 Å². The standard InChI is InChI=1S/C18H24N2/c1-3-9-19-10-11-20-16-8-7-13(2)12-15(16)14-5-4-6-17(19)18(14)20/h7-8,12,17H,3-6,9-11H2,1-2H3/t17-/m0/s1. The SMILES string of the molecule is CCCN1CCn2c3c(c4cc(C)ccc42)CCC[C@@H]31. The van der Waals surface area contributed by atoms with Gasteiger partial charge < -0.3 is 4.57 Å². The maximum Gasteiger partial charge on any atom is 0.0504 e. The van der Waals surface area contributed by atoms with E-state index in [1.165, 1.54) is 61.8 Å². The van der Waals surface area contributed by atoms with Crippen molar-refractivity contribution in [1.29, 1.82) is 0 Å². The Labute approximate surface area is 121 Å². The molecule has 1 aromatic heterocycles. The lowest BCUT2D eigenvalue weighted by molar-refractivity contribution is 0.141. The van der Waals surface area contributed by atoms with Crippen LogP contribution >= 0.6 is 0 Å². The molecule has 0 amide bonds. The van der Waals surface area contributed by atoms with Gasteiger partial charge in [0.05, 0.1) is 6.04 Å². The predicted octanol–water partition coefficient (Wildman–Crippen LogP) is 4.05. The Kier molecular flexibility index (Phi) is 2.88. The highest BCUT2D eigenvalue weighted by atomic mass is 15.2. The number of hydrogen-bond acceptors (Lipinski definition) is 1. The van der Waals surface area contributed by atoms with Crippen LogP contribution in [-0.4, -0.2) is 22.6 Å². The van der Waals surface area contributed by atoms with E-state index in [-0.39, 0.29) is 0 Å². The van der Waals surface area contributed by atoms with Crippen LogP contribution < -0.4 is 0 Å². The fraction of sp³-hybridized carbons (Fsp3) is 0.556. The smallest absolute Gasteiger partial charge is 0.0504 e. The molecule has 0 bridgehead atoms. The Balaban J connectivity index is 1.93. The topological polar surface area (TPSA) is 8.17 Å². The van der Waals surface area contributed by atoms with Crippen LogP contribution in [-0.2, 0) is 13.0 Å². The third-order valence-corrected chi connectivity index (χ3v) is 5.15. The summed E-state index contributed by atoms with van der Waals surface area (Å²) in [5, 5.41) is 1.53.